The van der Waals surface area contributed by atoms with E-state index in [0.29, 0.717) is 19.1 Å². The molecule has 1 fully saturated rings. The molecule has 1 aromatic carbocycles. The number of hydrogen-bond donors (Lipinski definition) is 1. The molecule has 1 N–H and O–H groups in total. The first-order valence-electron chi connectivity index (χ1n) is 6.37. The van der Waals surface area contributed by atoms with E-state index < -0.39 is 0 Å². The highest BCUT2D eigenvalue weighted by atomic mass is 16.5. The van der Waals surface area contributed by atoms with Gasteiger partial charge in [0.1, 0.15) is 5.75 Å². The molecule has 0 spiro atoms. The largest absolute Gasteiger partial charge is 0.494 e. The normalized spacial score (nSPS) is 20.7. The lowest BCUT2D eigenvalue weighted by Crippen LogP contribution is -2.21. The Morgan fingerprint density at radius 1 is 1.41 bits per heavy atom. The first-order valence-corrected chi connectivity index (χ1v) is 6.37. The van der Waals surface area contributed by atoms with E-state index in [2.05, 4.69) is 17.0 Å². The molecular formula is C14H21NO2. The molecule has 1 atom stereocenters. The van der Waals surface area contributed by atoms with Crippen LogP contribution in [0.5, 0.6) is 5.75 Å². The van der Waals surface area contributed by atoms with Gasteiger partial charge < -0.3 is 9.84 Å². The Morgan fingerprint density at radius 2 is 2.24 bits per heavy atom. The summed E-state index contributed by atoms with van der Waals surface area (Å²) in [5.41, 5.74) is 1.24. The molecule has 1 saturated heterocycles. The molecule has 1 aliphatic rings. The quantitative estimate of drug-likeness (QED) is 0.846. The third-order valence-corrected chi connectivity index (χ3v) is 3.29. The maximum Gasteiger partial charge on any atom is 0.123 e. The van der Waals surface area contributed by atoms with Crippen molar-refractivity contribution in [2.75, 3.05) is 26.3 Å². The van der Waals surface area contributed by atoms with Crippen molar-refractivity contribution < 1.29 is 9.84 Å². The van der Waals surface area contributed by atoms with Crippen molar-refractivity contribution in [3.05, 3.63) is 29.8 Å². The van der Waals surface area contributed by atoms with Crippen LogP contribution in [0.1, 0.15) is 18.9 Å². The minimum atomic E-state index is 0.309. The van der Waals surface area contributed by atoms with Gasteiger partial charge in [-0.1, -0.05) is 18.2 Å². The molecule has 94 valence electrons. The average molecular weight is 235 g/mol. The van der Waals surface area contributed by atoms with Crippen LogP contribution in [0.4, 0.5) is 0 Å². The molecule has 3 heteroatoms. The lowest BCUT2D eigenvalue weighted by Gasteiger charge is -2.18. The van der Waals surface area contributed by atoms with E-state index >= 15 is 0 Å². The van der Waals surface area contributed by atoms with Gasteiger partial charge in [-0.25, -0.2) is 0 Å². The van der Waals surface area contributed by atoms with Crippen LogP contribution >= 0.6 is 0 Å². The second-order valence-electron chi connectivity index (χ2n) is 4.61. The van der Waals surface area contributed by atoms with E-state index in [-0.39, 0.29) is 0 Å². The standard InChI is InChI=1S/C14H21NO2/c1-2-17-14-6-4-3-5-13(14)10-15-8-7-12(9-15)11-16/h3-6,12,16H,2,7-11H2,1H3/t12-/m1/s1. The van der Waals surface area contributed by atoms with Gasteiger partial charge in [0.15, 0.2) is 0 Å². The summed E-state index contributed by atoms with van der Waals surface area (Å²) in [5.74, 6) is 1.44. The first-order chi connectivity index (χ1) is 8.33. The molecule has 0 aromatic heterocycles. The van der Waals surface area contributed by atoms with Gasteiger partial charge in [-0.3, -0.25) is 4.90 Å². The molecule has 0 radical (unpaired) electrons. The van der Waals surface area contributed by atoms with Gasteiger partial charge in [-0.2, -0.15) is 0 Å². The van der Waals surface area contributed by atoms with Crippen molar-refractivity contribution in [1.82, 2.24) is 4.90 Å². The second kappa shape index (κ2) is 6.03. The summed E-state index contributed by atoms with van der Waals surface area (Å²) in [6.07, 6.45) is 1.10. The Kier molecular flexibility index (Phi) is 4.40. The molecule has 0 bridgehead atoms. The van der Waals surface area contributed by atoms with Crippen molar-refractivity contribution in [2.45, 2.75) is 19.9 Å². The summed E-state index contributed by atoms with van der Waals surface area (Å²) in [4.78, 5) is 2.39. The van der Waals surface area contributed by atoms with Gasteiger partial charge in [-0.15, -0.1) is 0 Å². The van der Waals surface area contributed by atoms with E-state index in [0.717, 1.165) is 31.8 Å². The summed E-state index contributed by atoms with van der Waals surface area (Å²) in [6.45, 7) is 6.02. The van der Waals surface area contributed by atoms with E-state index in [1.165, 1.54) is 5.56 Å². The van der Waals surface area contributed by atoms with Crippen molar-refractivity contribution in [1.29, 1.82) is 0 Å². The number of ether oxygens (including phenoxy) is 1. The summed E-state index contributed by atoms with van der Waals surface area (Å²) >= 11 is 0. The van der Waals surface area contributed by atoms with Crippen LogP contribution in [-0.4, -0.2) is 36.3 Å². The van der Waals surface area contributed by atoms with Crippen molar-refractivity contribution >= 4 is 0 Å². The highest BCUT2D eigenvalue weighted by Crippen LogP contribution is 2.23. The number of likely N-dealkylation sites (tertiary alicyclic amines) is 1. The Hall–Kier alpha value is -1.06. The number of para-hydroxylation sites is 1. The smallest absolute Gasteiger partial charge is 0.123 e. The maximum atomic E-state index is 9.14. The third-order valence-electron chi connectivity index (χ3n) is 3.29. The van der Waals surface area contributed by atoms with Gasteiger partial charge in [0.05, 0.1) is 6.61 Å². The van der Waals surface area contributed by atoms with Crippen molar-refractivity contribution in [3.63, 3.8) is 0 Å². The number of aliphatic hydroxyl groups is 1. The maximum absolute atomic E-state index is 9.14. The van der Waals surface area contributed by atoms with Crippen LogP contribution in [0.25, 0.3) is 0 Å². The molecule has 2 rings (SSSR count). The fourth-order valence-corrected chi connectivity index (χ4v) is 2.38. The van der Waals surface area contributed by atoms with Crippen LogP contribution in [0.3, 0.4) is 0 Å². The zero-order valence-corrected chi connectivity index (χ0v) is 10.4. The van der Waals surface area contributed by atoms with E-state index in [1.54, 1.807) is 0 Å². The number of nitrogens with zero attached hydrogens (tertiary/aromatic N) is 1. The Labute approximate surface area is 103 Å². The van der Waals surface area contributed by atoms with Crippen molar-refractivity contribution in [2.24, 2.45) is 5.92 Å². The van der Waals surface area contributed by atoms with Crippen LogP contribution in [0, 0.1) is 5.92 Å². The molecule has 1 aliphatic heterocycles. The Balaban J connectivity index is 1.98. The summed E-state index contributed by atoms with van der Waals surface area (Å²) in [7, 11) is 0. The van der Waals surface area contributed by atoms with Gasteiger partial charge in [-0.05, 0) is 31.9 Å². The van der Waals surface area contributed by atoms with Crippen LogP contribution < -0.4 is 4.74 Å². The van der Waals surface area contributed by atoms with Crippen LogP contribution in [0.2, 0.25) is 0 Å². The highest BCUT2D eigenvalue weighted by molar-refractivity contribution is 5.33. The Bertz CT molecular complexity index is 354. The minimum Gasteiger partial charge on any atom is -0.494 e. The fourth-order valence-electron chi connectivity index (χ4n) is 2.38. The topological polar surface area (TPSA) is 32.7 Å². The summed E-state index contributed by atoms with van der Waals surface area (Å²) in [6, 6.07) is 8.21. The summed E-state index contributed by atoms with van der Waals surface area (Å²) < 4.78 is 5.62. The monoisotopic (exact) mass is 235 g/mol. The van der Waals surface area contributed by atoms with Gasteiger partial charge in [0.2, 0.25) is 0 Å². The second-order valence-corrected chi connectivity index (χ2v) is 4.61. The van der Waals surface area contributed by atoms with Crippen molar-refractivity contribution in [3.8, 4) is 5.75 Å². The van der Waals surface area contributed by atoms with E-state index in [4.69, 9.17) is 9.84 Å². The molecule has 3 nitrogen and oxygen atoms in total. The van der Waals surface area contributed by atoms with Crippen LogP contribution in [0.15, 0.2) is 24.3 Å². The van der Waals surface area contributed by atoms with E-state index in [9.17, 15) is 0 Å². The summed E-state index contributed by atoms with van der Waals surface area (Å²) in [5, 5.41) is 9.14. The number of hydrogen-bond acceptors (Lipinski definition) is 3. The minimum absolute atomic E-state index is 0.309. The number of aliphatic hydroxyl groups excluding tert-OH is 1. The third kappa shape index (κ3) is 3.20. The molecule has 0 amide bonds. The molecule has 0 aliphatic carbocycles. The molecule has 17 heavy (non-hydrogen) atoms. The zero-order chi connectivity index (χ0) is 12.1. The lowest BCUT2D eigenvalue weighted by atomic mass is 10.1. The van der Waals surface area contributed by atoms with Crippen LogP contribution in [-0.2, 0) is 6.54 Å². The molecule has 1 heterocycles. The molecule has 1 aromatic rings. The van der Waals surface area contributed by atoms with Gasteiger partial charge >= 0.3 is 0 Å². The fraction of sp³-hybridized carbons (Fsp3) is 0.571. The predicted molar refractivity (Wildman–Crippen MR) is 68.1 cm³/mol. The lowest BCUT2D eigenvalue weighted by molar-refractivity contribution is 0.219. The SMILES string of the molecule is CCOc1ccccc1CN1CC[C@@H](CO)C1. The predicted octanol–water partition coefficient (Wildman–Crippen LogP) is 1.90. The number of rotatable bonds is 5. The Morgan fingerprint density at radius 3 is 2.94 bits per heavy atom. The average Bonchev–Trinajstić information content (AvgIpc) is 2.80. The first kappa shape index (κ1) is 12.4. The van der Waals surface area contributed by atoms with Gasteiger partial charge in [0, 0.05) is 25.3 Å². The zero-order valence-electron chi connectivity index (χ0n) is 10.4. The number of benzene rings is 1. The molecule has 0 saturated carbocycles. The van der Waals surface area contributed by atoms with Gasteiger partial charge in [0.25, 0.3) is 0 Å². The molecular weight excluding hydrogens is 214 g/mol. The highest BCUT2D eigenvalue weighted by Gasteiger charge is 2.22. The molecule has 0 unspecified atom stereocenters. The van der Waals surface area contributed by atoms with E-state index in [1.807, 2.05) is 19.1 Å².